The number of hydrogen-bond acceptors (Lipinski definition) is 8. The lowest BCUT2D eigenvalue weighted by atomic mass is 9.95. The first-order valence-electron chi connectivity index (χ1n) is 15.1. The molecule has 10 heteroatoms. The third kappa shape index (κ3) is 7.57. The van der Waals surface area contributed by atoms with Crippen molar-refractivity contribution >= 4 is 17.8 Å². The summed E-state index contributed by atoms with van der Waals surface area (Å²) in [6.07, 6.45) is -0.870. The van der Waals surface area contributed by atoms with Crippen molar-refractivity contribution in [2.24, 2.45) is 5.41 Å². The second-order valence-corrected chi connectivity index (χ2v) is 11.8. The van der Waals surface area contributed by atoms with Crippen LogP contribution in [0.2, 0.25) is 0 Å². The topological polar surface area (TPSA) is 100 Å². The molecule has 1 aliphatic heterocycles. The van der Waals surface area contributed by atoms with Crippen LogP contribution in [0.3, 0.4) is 0 Å². The molecule has 1 aromatic heterocycles. The zero-order valence-corrected chi connectivity index (χ0v) is 25.9. The monoisotopic (exact) mass is 636 g/mol. The molecule has 9 nitrogen and oxygen atoms in total. The van der Waals surface area contributed by atoms with Gasteiger partial charge in [-0.3, -0.25) is 4.79 Å². The van der Waals surface area contributed by atoms with E-state index in [0.29, 0.717) is 29.2 Å². The van der Waals surface area contributed by atoms with Crippen molar-refractivity contribution in [1.82, 2.24) is 4.98 Å². The standard InChI is InChI=1S/C37H33FN2O7/c1-37(2)23-46-35(47-24-37)29-18-28(19-30(38)32(29)43-20-25-12-6-3-7-13-25)34(41)40(36(42)45-21-26-14-8-4-9-15-26)31-22-44-33(39-31)27-16-10-5-11-17-27/h3-19,22,35H,20-21,23-24H2,1-2H3. The number of aromatic nitrogens is 1. The van der Waals surface area contributed by atoms with Crippen LogP contribution in [0.5, 0.6) is 5.75 Å². The van der Waals surface area contributed by atoms with Crippen molar-refractivity contribution in [3.63, 3.8) is 0 Å². The van der Waals surface area contributed by atoms with Gasteiger partial charge in [-0.25, -0.2) is 9.18 Å². The molecule has 2 heterocycles. The van der Waals surface area contributed by atoms with Crippen LogP contribution in [0.25, 0.3) is 11.5 Å². The van der Waals surface area contributed by atoms with E-state index in [0.717, 1.165) is 11.6 Å². The highest BCUT2D eigenvalue weighted by Crippen LogP contribution is 2.38. The molecular weight excluding hydrogens is 603 g/mol. The third-order valence-corrected chi connectivity index (χ3v) is 7.38. The first kappa shape index (κ1) is 31.7. The lowest BCUT2D eigenvalue weighted by Gasteiger charge is -2.35. The molecule has 0 N–H and O–H groups in total. The van der Waals surface area contributed by atoms with Crippen molar-refractivity contribution in [1.29, 1.82) is 0 Å². The summed E-state index contributed by atoms with van der Waals surface area (Å²) in [6.45, 7) is 4.57. The molecule has 2 amide bonds. The normalized spacial score (nSPS) is 14.4. The summed E-state index contributed by atoms with van der Waals surface area (Å²) < 4.78 is 45.1. The second-order valence-electron chi connectivity index (χ2n) is 11.8. The van der Waals surface area contributed by atoms with E-state index in [4.69, 9.17) is 23.4 Å². The van der Waals surface area contributed by atoms with Gasteiger partial charge in [0.25, 0.3) is 5.91 Å². The number of benzene rings is 4. The predicted molar refractivity (Wildman–Crippen MR) is 171 cm³/mol. The summed E-state index contributed by atoms with van der Waals surface area (Å²) in [7, 11) is 0. The molecule has 0 unspecified atom stereocenters. The van der Waals surface area contributed by atoms with Gasteiger partial charge in [0.05, 0.1) is 18.8 Å². The lowest BCUT2D eigenvalue weighted by molar-refractivity contribution is -0.226. The number of nitrogens with zero attached hydrogens (tertiary/aromatic N) is 2. The molecule has 1 saturated heterocycles. The molecule has 0 bridgehead atoms. The molecule has 240 valence electrons. The number of ether oxygens (including phenoxy) is 4. The van der Waals surface area contributed by atoms with Crippen molar-refractivity contribution in [2.75, 3.05) is 18.1 Å². The molecule has 1 fully saturated rings. The third-order valence-electron chi connectivity index (χ3n) is 7.38. The quantitative estimate of drug-likeness (QED) is 0.160. The van der Waals surface area contributed by atoms with Crippen LogP contribution in [0.4, 0.5) is 15.0 Å². The molecule has 0 atom stereocenters. The summed E-state index contributed by atoms with van der Waals surface area (Å²) >= 11 is 0. The highest BCUT2D eigenvalue weighted by molar-refractivity contribution is 6.18. The number of anilines is 1. The number of amides is 2. The minimum atomic E-state index is -1.02. The maximum absolute atomic E-state index is 16.0. The number of hydrogen-bond donors (Lipinski definition) is 0. The molecule has 0 saturated carbocycles. The zero-order valence-electron chi connectivity index (χ0n) is 25.9. The van der Waals surface area contributed by atoms with Crippen LogP contribution in [-0.4, -0.2) is 30.2 Å². The summed E-state index contributed by atoms with van der Waals surface area (Å²) in [5.41, 5.74) is 1.88. The Labute approximate surface area is 271 Å². The first-order valence-corrected chi connectivity index (χ1v) is 15.1. The van der Waals surface area contributed by atoms with Gasteiger partial charge in [-0.15, -0.1) is 0 Å². The maximum atomic E-state index is 16.0. The van der Waals surface area contributed by atoms with E-state index in [1.165, 1.54) is 12.3 Å². The highest BCUT2D eigenvalue weighted by atomic mass is 19.1. The molecule has 4 aromatic carbocycles. The summed E-state index contributed by atoms with van der Waals surface area (Å²) in [5, 5.41) is 0. The molecule has 0 spiro atoms. The summed E-state index contributed by atoms with van der Waals surface area (Å²) in [4.78, 5) is 32.9. The Morgan fingerprint density at radius 3 is 2.11 bits per heavy atom. The SMILES string of the molecule is CC1(C)COC(c2cc(C(=O)N(C(=O)OCc3ccccc3)c3coc(-c4ccccc4)n3)cc(F)c2OCc2ccccc2)OC1. The molecular formula is C37H33FN2O7. The number of halogens is 1. The van der Waals surface area contributed by atoms with Crippen LogP contribution in [0.15, 0.2) is 114 Å². The fraction of sp³-hybridized carbons (Fsp3) is 0.216. The van der Waals surface area contributed by atoms with Gasteiger partial charge in [0.1, 0.15) is 19.5 Å². The van der Waals surface area contributed by atoms with Gasteiger partial charge in [-0.05, 0) is 35.4 Å². The smallest absolute Gasteiger partial charge is 0.423 e. The average Bonchev–Trinajstić information content (AvgIpc) is 3.58. The molecule has 0 aliphatic carbocycles. The number of carbonyl (C=O) groups is 2. The van der Waals surface area contributed by atoms with E-state index in [1.807, 2.05) is 56.3 Å². The van der Waals surface area contributed by atoms with E-state index >= 15 is 4.39 Å². The van der Waals surface area contributed by atoms with Crippen LogP contribution in [0.1, 0.15) is 47.2 Å². The van der Waals surface area contributed by atoms with E-state index in [2.05, 4.69) is 4.98 Å². The van der Waals surface area contributed by atoms with Crippen molar-refractivity contribution in [3.05, 3.63) is 137 Å². The van der Waals surface area contributed by atoms with Gasteiger partial charge < -0.3 is 23.4 Å². The average molecular weight is 637 g/mol. The lowest BCUT2D eigenvalue weighted by Crippen LogP contribution is -2.38. The fourth-order valence-electron chi connectivity index (χ4n) is 4.94. The molecule has 0 radical (unpaired) electrons. The molecule has 5 aromatic rings. The Kier molecular flexibility index (Phi) is 9.42. The van der Waals surface area contributed by atoms with Crippen molar-refractivity contribution in [3.8, 4) is 17.2 Å². The van der Waals surface area contributed by atoms with E-state index < -0.39 is 24.1 Å². The Balaban J connectivity index is 1.36. The minimum absolute atomic E-state index is 0.0649. The van der Waals surface area contributed by atoms with Gasteiger partial charge in [-0.2, -0.15) is 9.88 Å². The summed E-state index contributed by atoms with van der Waals surface area (Å²) in [5.74, 6) is -1.81. The van der Waals surface area contributed by atoms with Gasteiger partial charge in [0, 0.05) is 16.5 Å². The van der Waals surface area contributed by atoms with Crippen molar-refractivity contribution < 1.29 is 37.3 Å². The Morgan fingerprint density at radius 2 is 1.47 bits per heavy atom. The molecule has 1 aliphatic rings. The van der Waals surface area contributed by atoms with Gasteiger partial charge in [0.15, 0.2) is 23.7 Å². The molecule has 47 heavy (non-hydrogen) atoms. The van der Waals surface area contributed by atoms with Crippen LogP contribution in [0, 0.1) is 11.2 Å². The Hall–Kier alpha value is -5.32. The second kappa shape index (κ2) is 14.0. The predicted octanol–water partition coefficient (Wildman–Crippen LogP) is 8.11. The van der Waals surface area contributed by atoms with Crippen LogP contribution in [-0.2, 0) is 27.4 Å². The first-order chi connectivity index (χ1) is 22.8. The maximum Gasteiger partial charge on any atom is 0.423 e. The Morgan fingerprint density at radius 1 is 0.872 bits per heavy atom. The van der Waals surface area contributed by atoms with E-state index in [1.54, 1.807) is 48.5 Å². The highest BCUT2D eigenvalue weighted by Gasteiger charge is 2.35. The van der Waals surface area contributed by atoms with E-state index in [9.17, 15) is 9.59 Å². The molecule has 6 rings (SSSR count). The number of oxazole rings is 1. The van der Waals surface area contributed by atoms with Crippen molar-refractivity contribution in [2.45, 2.75) is 33.4 Å². The van der Waals surface area contributed by atoms with Crippen LogP contribution >= 0.6 is 0 Å². The Bertz CT molecular complexity index is 1820. The number of rotatable bonds is 9. The number of imide groups is 1. The van der Waals surface area contributed by atoms with Gasteiger partial charge >= 0.3 is 6.09 Å². The number of carbonyl (C=O) groups excluding carboxylic acids is 2. The van der Waals surface area contributed by atoms with Gasteiger partial charge in [0.2, 0.25) is 5.89 Å². The largest absolute Gasteiger partial charge is 0.485 e. The fourth-order valence-corrected chi connectivity index (χ4v) is 4.94. The minimum Gasteiger partial charge on any atom is -0.485 e. The van der Waals surface area contributed by atoms with Gasteiger partial charge in [-0.1, -0.05) is 92.7 Å². The van der Waals surface area contributed by atoms with Crippen LogP contribution < -0.4 is 9.64 Å². The van der Waals surface area contributed by atoms with E-state index in [-0.39, 0.29) is 47.2 Å². The zero-order chi connectivity index (χ0) is 32.8. The summed E-state index contributed by atoms with van der Waals surface area (Å²) in [6, 6.07) is 29.7.